The third-order valence-electron chi connectivity index (χ3n) is 5.33. The number of ether oxygens (including phenoxy) is 2. The average molecular weight is 468 g/mol. The largest absolute Gasteiger partial charge is 0.489 e. The van der Waals surface area contributed by atoms with Crippen LogP contribution in [0.4, 0.5) is 11.6 Å². The number of morpholine rings is 1. The number of anilines is 2. The predicted octanol–water partition coefficient (Wildman–Crippen LogP) is 3.83. The van der Waals surface area contributed by atoms with Crippen molar-refractivity contribution in [3.8, 4) is 5.75 Å². The second-order valence-electron chi connectivity index (χ2n) is 7.67. The molecule has 1 unspecified atom stereocenters. The van der Waals surface area contributed by atoms with Gasteiger partial charge in [0, 0.05) is 25.3 Å². The van der Waals surface area contributed by atoms with E-state index in [0.717, 1.165) is 47.7 Å². The van der Waals surface area contributed by atoms with E-state index in [9.17, 15) is 4.79 Å². The summed E-state index contributed by atoms with van der Waals surface area (Å²) in [5, 5.41) is 12.1. The summed E-state index contributed by atoms with van der Waals surface area (Å²) in [6, 6.07) is 17.4. The van der Waals surface area contributed by atoms with Crippen LogP contribution >= 0.6 is 11.8 Å². The highest BCUT2D eigenvalue weighted by atomic mass is 32.2. The van der Waals surface area contributed by atoms with Crippen LogP contribution in [0, 0.1) is 0 Å². The van der Waals surface area contributed by atoms with E-state index in [0.29, 0.717) is 19.8 Å². The fourth-order valence-electron chi connectivity index (χ4n) is 3.47. The molecular formula is C24H29N5O3S. The number of benzene rings is 2. The number of amides is 1. The number of aromatic nitrogens is 3. The van der Waals surface area contributed by atoms with Crippen molar-refractivity contribution in [2.45, 2.75) is 37.4 Å². The first-order chi connectivity index (χ1) is 16.1. The van der Waals surface area contributed by atoms with Crippen molar-refractivity contribution in [3.63, 3.8) is 0 Å². The Labute approximate surface area is 198 Å². The zero-order valence-corrected chi connectivity index (χ0v) is 19.8. The van der Waals surface area contributed by atoms with E-state index in [2.05, 4.69) is 31.9 Å². The minimum atomic E-state index is -0.328. The van der Waals surface area contributed by atoms with Crippen LogP contribution in [0.15, 0.2) is 59.8 Å². The first-order valence-corrected chi connectivity index (χ1v) is 12.0. The van der Waals surface area contributed by atoms with Gasteiger partial charge < -0.3 is 19.7 Å². The number of carbonyl (C=O) groups excluding carboxylic acids is 1. The molecule has 33 heavy (non-hydrogen) atoms. The summed E-state index contributed by atoms with van der Waals surface area (Å²) in [6.45, 7) is 8.14. The van der Waals surface area contributed by atoms with Crippen molar-refractivity contribution >= 4 is 29.3 Å². The highest BCUT2D eigenvalue weighted by Crippen LogP contribution is 2.27. The Bertz CT molecular complexity index is 1040. The van der Waals surface area contributed by atoms with Crippen molar-refractivity contribution in [1.82, 2.24) is 14.8 Å². The standard InChI is InChI=1S/C24H29N5O3S/c1-3-29-23(28-13-15-31-16-14-28)26-27-24(29)33-18(2)22(30)25-20-9-11-21(12-10-20)32-17-19-7-5-4-6-8-19/h4-12,18H,3,13-17H2,1-2H3,(H,25,30). The van der Waals surface area contributed by atoms with Gasteiger partial charge in [-0.1, -0.05) is 42.1 Å². The minimum Gasteiger partial charge on any atom is -0.489 e. The first kappa shape index (κ1) is 23.1. The third kappa shape index (κ3) is 6.06. The molecule has 0 radical (unpaired) electrons. The molecule has 8 nitrogen and oxygen atoms in total. The monoisotopic (exact) mass is 467 g/mol. The lowest BCUT2D eigenvalue weighted by atomic mass is 10.2. The van der Waals surface area contributed by atoms with Crippen molar-refractivity contribution in [3.05, 3.63) is 60.2 Å². The van der Waals surface area contributed by atoms with E-state index in [1.54, 1.807) is 0 Å². The fraction of sp³-hybridized carbons (Fsp3) is 0.375. The summed E-state index contributed by atoms with van der Waals surface area (Å²) in [5.74, 6) is 1.50. The normalized spacial score (nSPS) is 14.7. The summed E-state index contributed by atoms with van der Waals surface area (Å²) in [7, 11) is 0. The van der Waals surface area contributed by atoms with Gasteiger partial charge in [0.25, 0.3) is 0 Å². The predicted molar refractivity (Wildman–Crippen MR) is 130 cm³/mol. The van der Waals surface area contributed by atoms with Crippen LogP contribution in [-0.2, 0) is 22.7 Å². The number of hydrogen-bond acceptors (Lipinski definition) is 7. The minimum absolute atomic E-state index is 0.0865. The zero-order valence-electron chi connectivity index (χ0n) is 18.9. The first-order valence-electron chi connectivity index (χ1n) is 11.1. The van der Waals surface area contributed by atoms with Crippen LogP contribution in [-0.4, -0.2) is 52.2 Å². The summed E-state index contributed by atoms with van der Waals surface area (Å²) in [6.07, 6.45) is 0. The van der Waals surface area contributed by atoms with Gasteiger partial charge >= 0.3 is 0 Å². The van der Waals surface area contributed by atoms with Gasteiger partial charge in [-0.2, -0.15) is 0 Å². The Morgan fingerprint density at radius 2 is 1.85 bits per heavy atom. The maximum atomic E-state index is 12.8. The highest BCUT2D eigenvalue weighted by Gasteiger charge is 2.23. The number of thioether (sulfide) groups is 1. The van der Waals surface area contributed by atoms with Crippen LogP contribution < -0.4 is 15.0 Å². The molecule has 2 heterocycles. The lowest BCUT2D eigenvalue weighted by Gasteiger charge is -2.27. The molecule has 1 saturated heterocycles. The number of rotatable bonds is 9. The van der Waals surface area contributed by atoms with Gasteiger partial charge in [0.1, 0.15) is 12.4 Å². The van der Waals surface area contributed by atoms with Crippen molar-refractivity contribution in [1.29, 1.82) is 0 Å². The molecule has 1 aliphatic rings. The third-order valence-corrected chi connectivity index (χ3v) is 6.41. The molecule has 1 fully saturated rings. The molecule has 4 rings (SSSR count). The SMILES string of the molecule is CCn1c(SC(C)C(=O)Nc2ccc(OCc3ccccc3)cc2)nnc1N1CCOCC1. The molecule has 0 aliphatic carbocycles. The van der Waals surface area contributed by atoms with Crippen LogP contribution in [0.3, 0.4) is 0 Å². The van der Waals surface area contributed by atoms with Gasteiger partial charge in [-0.3, -0.25) is 9.36 Å². The topological polar surface area (TPSA) is 81.5 Å². The molecule has 1 atom stereocenters. The number of hydrogen-bond donors (Lipinski definition) is 1. The van der Waals surface area contributed by atoms with Gasteiger partial charge in [-0.25, -0.2) is 0 Å². The molecule has 1 aliphatic heterocycles. The lowest BCUT2D eigenvalue weighted by molar-refractivity contribution is -0.115. The fourth-order valence-corrected chi connectivity index (χ4v) is 4.38. The van der Waals surface area contributed by atoms with Crippen molar-refractivity contribution in [2.24, 2.45) is 0 Å². The summed E-state index contributed by atoms with van der Waals surface area (Å²) < 4.78 is 13.3. The Kier molecular flexibility index (Phi) is 7.85. The van der Waals surface area contributed by atoms with Crippen LogP contribution in [0.2, 0.25) is 0 Å². The van der Waals surface area contributed by atoms with E-state index in [-0.39, 0.29) is 11.2 Å². The van der Waals surface area contributed by atoms with Crippen molar-refractivity contribution in [2.75, 3.05) is 36.5 Å². The molecule has 1 N–H and O–H groups in total. The Balaban J connectivity index is 1.32. The molecule has 0 bridgehead atoms. The van der Waals surface area contributed by atoms with Crippen LogP contribution in [0.5, 0.6) is 5.75 Å². The number of nitrogens with one attached hydrogen (secondary N) is 1. The number of nitrogens with zero attached hydrogens (tertiary/aromatic N) is 4. The lowest BCUT2D eigenvalue weighted by Crippen LogP contribution is -2.38. The Morgan fingerprint density at radius 3 is 2.55 bits per heavy atom. The smallest absolute Gasteiger partial charge is 0.237 e. The van der Waals surface area contributed by atoms with Gasteiger partial charge in [0.15, 0.2) is 5.16 Å². The molecule has 2 aromatic carbocycles. The Morgan fingerprint density at radius 1 is 1.12 bits per heavy atom. The summed E-state index contributed by atoms with van der Waals surface area (Å²) in [4.78, 5) is 14.9. The molecule has 174 valence electrons. The second kappa shape index (κ2) is 11.2. The van der Waals surface area contributed by atoms with Crippen LogP contribution in [0.25, 0.3) is 0 Å². The van der Waals surface area contributed by atoms with Gasteiger partial charge in [-0.05, 0) is 43.7 Å². The molecule has 0 spiro atoms. The Hall–Kier alpha value is -3.04. The van der Waals surface area contributed by atoms with E-state index in [4.69, 9.17) is 9.47 Å². The highest BCUT2D eigenvalue weighted by molar-refractivity contribution is 8.00. The van der Waals surface area contributed by atoms with Crippen LogP contribution in [0.1, 0.15) is 19.4 Å². The zero-order chi connectivity index (χ0) is 23.0. The van der Waals surface area contributed by atoms with E-state index < -0.39 is 0 Å². The molecule has 1 aromatic heterocycles. The molecule has 3 aromatic rings. The second-order valence-corrected chi connectivity index (χ2v) is 8.98. The van der Waals surface area contributed by atoms with Gasteiger partial charge in [0.2, 0.25) is 11.9 Å². The molecule has 0 saturated carbocycles. The van der Waals surface area contributed by atoms with Gasteiger partial charge in [-0.15, -0.1) is 10.2 Å². The molecular weight excluding hydrogens is 438 g/mol. The average Bonchev–Trinajstić information content (AvgIpc) is 3.27. The molecule has 1 amide bonds. The number of carbonyl (C=O) groups is 1. The maximum absolute atomic E-state index is 12.8. The van der Waals surface area contributed by atoms with Crippen molar-refractivity contribution < 1.29 is 14.3 Å². The van der Waals surface area contributed by atoms with E-state index in [1.807, 2.05) is 61.5 Å². The summed E-state index contributed by atoms with van der Waals surface area (Å²) >= 11 is 1.41. The maximum Gasteiger partial charge on any atom is 0.237 e. The van der Waals surface area contributed by atoms with Gasteiger partial charge in [0.05, 0.1) is 18.5 Å². The van der Waals surface area contributed by atoms with E-state index in [1.165, 1.54) is 11.8 Å². The molecule has 9 heteroatoms. The van der Waals surface area contributed by atoms with E-state index >= 15 is 0 Å². The quantitative estimate of drug-likeness (QED) is 0.479. The summed E-state index contributed by atoms with van der Waals surface area (Å²) in [5.41, 5.74) is 1.84.